The number of nitrogens with one attached hydrogen (secondary N) is 1. The van der Waals surface area contributed by atoms with Gasteiger partial charge in [0.2, 0.25) is 10.0 Å². The quantitative estimate of drug-likeness (QED) is 0.836. The zero-order valence-corrected chi connectivity index (χ0v) is 12.5. The van der Waals surface area contributed by atoms with E-state index in [9.17, 15) is 8.42 Å². The predicted octanol–water partition coefficient (Wildman–Crippen LogP) is 1.69. The number of anilines is 1. The van der Waals surface area contributed by atoms with Gasteiger partial charge in [0.1, 0.15) is 0 Å². The number of aryl methyl sites for hydroxylation is 2. The van der Waals surface area contributed by atoms with Crippen LogP contribution in [0.1, 0.15) is 24.0 Å². The maximum atomic E-state index is 12.4. The van der Waals surface area contributed by atoms with E-state index in [0.717, 1.165) is 30.6 Å². The Balaban J connectivity index is 2.23. The minimum Gasteiger partial charge on any atom is -0.320 e. The van der Waals surface area contributed by atoms with Gasteiger partial charge < -0.3 is 5.32 Å². The third-order valence-electron chi connectivity index (χ3n) is 3.48. The third-order valence-corrected chi connectivity index (χ3v) is 5.33. The number of nitrogens with zero attached hydrogens (tertiary/aromatic N) is 1. The number of sulfonamides is 1. The Morgan fingerprint density at radius 2 is 2.16 bits per heavy atom. The Bertz CT molecular complexity index is 540. The molecule has 4 nitrogen and oxygen atoms in total. The third kappa shape index (κ3) is 3.28. The van der Waals surface area contributed by atoms with Gasteiger partial charge in [0.25, 0.3) is 0 Å². The van der Waals surface area contributed by atoms with Gasteiger partial charge in [-0.1, -0.05) is 17.7 Å². The Labute approximate surface area is 115 Å². The van der Waals surface area contributed by atoms with Crippen molar-refractivity contribution >= 4 is 15.7 Å². The number of fused-ring (bicyclic) bond motifs is 1. The first kappa shape index (κ1) is 14.3. The molecule has 0 bridgehead atoms. The molecule has 1 N–H and O–H groups in total. The van der Waals surface area contributed by atoms with Gasteiger partial charge in [-0.25, -0.2) is 8.42 Å². The summed E-state index contributed by atoms with van der Waals surface area (Å²) in [6, 6.07) is 6.03. The highest BCUT2D eigenvalue weighted by atomic mass is 32.2. The first-order chi connectivity index (χ1) is 9.04. The number of rotatable bonds is 5. The van der Waals surface area contributed by atoms with Crippen LogP contribution in [-0.2, 0) is 16.4 Å². The van der Waals surface area contributed by atoms with E-state index in [0.29, 0.717) is 13.0 Å². The van der Waals surface area contributed by atoms with Gasteiger partial charge in [-0.2, -0.15) is 0 Å². The molecule has 0 unspecified atom stereocenters. The highest BCUT2D eigenvalue weighted by molar-refractivity contribution is 7.92. The van der Waals surface area contributed by atoms with Crippen molar-refractivity contribution in [2.75, 3.05) is 30.2 Å². The van der Waals surface area contributed by atoms with Crippen LogP contribution in [0.3, 0.4) is 0 Å². The summed E-state index contributed by atoms with van der Waals surface area (Å²) < 4.78 is 26.4. The monoisotopic (exact) mass is 282 g/mol. The minimum atomic E-state index is -3.19. The lowest BCUT2D eigenvalue weighted by molar-refractivity contribution is 0.582. The average molecular weight is 282 g/mol. The van der Waals surface area contributed by atoms with E-state index in [1.807, 2.05) is 26.1 Å². The molecule has 0 saturated carbocycles. The van der Waals surface area contributed by atoms with Crippen LogP contribution in [0.25, 0.3) is 0 Å². The van der Waals surface area contributed by atoms with Gasteiger partial charge in [-0.3, -0.25) is 4.31 Å². The molecule has 106 valence electrons. The first-order valence-corrected chi connectivity index (χ1v) is 8.40. The molecule has 0 amide bonds. The molecule has 5 heteroatoms. The predicted molar refractivity (Wildman–Crippen MR) is 79.2 cm³/mol. The van der Waals surface area contributed by atoms with Crippen molar-refractivity contribution in [2.24, 2.45) is 0 Å². The van der Waals surface area contributed by atoms with Crippen molar-refractivity contribution in [3.05, 3.63) is 29.3 Å². The van der Waals surface area contributed by atoms with E-state index in [4.69, 9.17) is 0 Å². The van der Waals surface area contributed by atoms with Crippen molar-refractivity contribution in [3.8, 4) is 0 Å². The summed E-state index contributed by atoms with van der Waals surface area (Å²) in [6.45, 7) is 3.38. The first-order valence-electron chi connectivity index (χ1n) is 6.79. The van der Waals surface area contributed by atoms with E-state index < -0.39 is 10.0 Å². The van der Waals surface area contributed by atoms with Gasteiger partial charge >= 0.3 is 0 Å². The summed E-state index contributed by atoms with van der Waals surface area (Å²) in [5.74, 6) is 0.209. The molecule has 19 heavy (non-hydrogen) atoms. The number of benzene rings is 1. The van der Waals surface area contributed by atoms with E-state index >= 15 is 0 Å². The van der Waals surface area contributed by atoms with Crippen LogP contribution in [0, 0.1) is 6.92 Å². The summed E-state index contributed by atoms with van der Waals surface area (Å²) in [4.78, 5) is 0. The molecule has 1 aromatic rings. The van der Waals surface area contributed by atoms with E-state index in [-0.39, 0.29) is 5.75 Å². The van der Waals surface area contributed by atoms with Gasteiger partial charge in [0, 0.05) is 6.54 Å². The molecular weight excluding hydrogens is 260 g/mol. The van der Waals surface area contributed by atoms with Gasteiger partial charge in [0.15, 0.2) is 0 Å². The molecule has 1 aliphatic heterocycles. The second kappa shape index (κ2) is 5.92. The molecule has 1 aliphatic rings. The van der Waals surface area contributed by atoms with E-state index in [1.54, 1.807) is 4.31 Å². The second-order valence-corrected chi connectivity index (χ2v) is 7.09. The smallest absolute Gasteiger partial charge is 0.235 e. The van der Waals surface area contributed by atoms with Crippen molar-refractivity contribution < 1.29 is 8.42 Å². The van der Waals surface area contributed by atoms with Crippen molar-refractivity contribution in [3.63, 3.8) is 0 Å². The molecule has 1 heterocycles. The highest BCUT2D eigenvalue weighted by Crippen LogP contribution is 2.30. The van der Waals surface area contributed by atoms with Crippen LogP contribution in [0.2, 0.25) is 0 Å². The fourth-order valence-electron chi connectivity index (χ4n) is 2.52. The fourth-order valence-corrected chi connectivity index (χ4v) is 4.14. The second-order valence-electron chi connectivity index (χ2n) is 5.08. The van der Waals surface area contributed by atoms with Crippen molar-refractivity contribution in [2.45, 2.75) is 26.2 Å². The Kier molecular flexibility index (Phi) is 4.47. The molecule has 0 atom stereocenters. The van der Waals surface area contributed by atoms with Crippen LogP contribution in [0.5, 0.6) is 0 Å². The lowest BCUT2D eigenvalue weighted by Gasteiger charge is -2.30. The molecule has 0 aromatic heterocycles. The SMILES string of the molecule is CNCCCS(=O)(=O)N1CCCc2cc(C)ccc21. The van der Waals surface area contributed by atoms with Crippen molar-refractivity contribution in [1.29, 1.82) is 0 Å². The number of hydrogen-bond donors (Lipinski definition) is 1. The zero-order valence-electron chi connectivity index (χ0n) is 11.6. The Morgan fingerprint density at radius 1 is 1.37 bits per heavy atom. The Morgan fingerprint density at radius 3 is 2.89 bits per heavy atom. The van der Waals surface area contributed by atoms with Gasteiger partial charge in [-0.05, 0) is 51.4 Å². The average Bonchev–Trinajstić information content (AvgIpc) is 2.37. The van der Waals surface area contributed by atoms with E-state index in [1.165, 1.54) is 5.56 Å². The summed E-state index contributed by atoms with van der Waals surface area (Å²) in [6.07, 6.45) is 2.53. The van der Waals surface area contributed by atoms with Crippen molar-refractivity contribution in [1.82, 2.24) is 5.32 Å². The molecule has 0 fully saturated rings. The summed E-state index contributed by atoms with van der Waals surface area (Å²) >= 11 is 0. The van der Waals surface area contributed by atoms with Gasteiger partial charge in [0.05, 0.1) is 11.4 Å². The topological polar surface area (TPSA) is 49.4 Å². The van der Waals surface area contributed by atoms with Crippen LogP contribution < -0.4 is 9.62 Å². The maximum Gasteiger partial charge on any atom is 0.235 e. The van der Waals surface area contributed by atoms with Gasteiger partial charge in [-0.15, -0.1) is 0 Å². The molecule has 1 aromatic carbocycles. The molecule has 0 radical (unpaired) electrons. The highest BCUT2D eigenvalue weighted by Gasteiger charge is 2.26. The van der Waals surface area contributed by atoms with Crippen LogP contribution in [0.15, 0.2) is 18.2 Å². The Hall–Kier alpha value is -1.07. The van der Waals surface area contributed by atoms with Crippen LogP contribution in [0.4, 0.5) is 5.69 Å². The van der Waals surface area contributed by atoms with Crippen LogP contribution in [-0.4, -0.2) is 34.3 Å². The van der Waals surface area contributed by atoms with Crippen LogP contribution >= 0.6 is 0 Å². The maximum absolute atomic E-state index is 12.4. The molecule has 0 saturated heterocycles. The van der Waals surface area contributed by atoms with E-state index in [2.05, 4.69) is 11.4 Å². The largest absolute Gasteiger partial charge is 0.320 e. The zero-order chi connectivity index (χ0) is 13.9. The summed E-state index contributed by atoms with van der Waals surface area (Å²) in [5, 5.41) is 2.99. The standard InChI is InChI=1S/C14H22N2O2S/c1-12-6-7-14-13(11-12)5-3-9-16(14)19(17,18)10-4-8-15-2/h6-7,11,15H,3-5,8-10H2,1-2H3. The summed E-state index contributed by atoms with van der Waals surface area (Å²) in [7, 11) is -1.35. The molecular formula is C14H22N2O2S. The lowest BCUT2D eigenvalue weighted by atomic mass is 10.0. The number of hydrogen-bond acceptors (Lipinski definition) is 3. The molecule has 0 aliphatic carbocycles. The fraction of sp³-hybridized carbons (Fsp3) is 0.571. The lowest BCUT2D eigenvalue weighted by Crippen LogP contribution is -2.37. The normalized spacial score (nSPS) is 15.4. The minimum absolute atomic E-state index is 0.209. The molecule has 2 rings (SSSR count). The molecule has 0 spiro atoms. The summed E-state index contributed by atoms with van der Waals surface area (Å²) in [5.41, 5.74) is 3.22.